The first-order chi connectivity index (χ1) is 22.9. The first-order valence-corrected chi connectivity index (χ1v) is 41.7. The van der Waals surface area contributed by atoms with Crippen LogP contribution >= 0.6 is 17.0 Å². The molecule has 2 atom stereocenters. The molecule has 0 aliphatic heterocycles. The Bertz CT molecular complexity index is 1960. The van der Waals surface area contributed by atoms with Crippen LogP contribution in [0, 0.1) is 5.92 Å². The topological polar surface area (TPSA) is 0 Å². The van der Waals surface area contributed by atoms with Crippen molar-refractivity contribution in [3.8, 4) is 22.3 Å². The fraction of sp³-hybridized carbons (Fsp3) is 0.349. The van der Waals surface area contributed by atoms with E-state index in [-0.39, 0.29) is 7.25 Å². The van der Waals surface area contributed by atoms with E-state index >= 15 is 0 Å². The van der Waals surface area contributed by atoms with E-state index < -0.39 is 37.6 Å². The fourth-order valence-corrected chi connectivity index (χ4v) is 42.6. The van der Waals surface area contributed by atoms with Crippen molar-refractivity contribution in [3.63, 3.8) is 0 Å². The van der Waals surface area contributed by atoms with E-state index in [1.807, 2.05) is 0 Å². The average molecular weight is 818 g/mol. The third-order valence-corrected chi connectivity index (χ3v) is 67.5. The molecule has 2 unspecified atom stereocenters. The van der Waals surface area contributed by atoms with Crippen LogP contribution in [-0.2, 0) is 15.6 Å². The Labute approximate surface area is 307 Å². The van der Waals surface area contributed by atoms with E-state index in [9.17, 15) is 0 Å². The summed E-state index contributed by atoms with van der Waals surface area (Å²) >= 11 is -4.84. The summed E-state index contributed by atoms with van der Waals surface area (Å²) in [6.45, 7) is 26.4. The second-order valence-corrected chi connectivity index (χ2v) is 70.1. The number of fused-ring (bicyclic) bond motifs is 2. The molecule has 6 rings (SSSR count). The van der Waals surface area contributed by atoms with E-state index in [2.05, 4.69) is 170 Å². The first kappa shape index (κ1) is 37.2. The Kier molecular flexibility index (Phi) is 10.00. The van der Waals surface area contributed by atoms with Gasteiger partial charge in [0.15, 0.2) is 0 Å². The molecular formula is C43H55Cl2Si3Zr. The van der Waals surface area contributed by atoms with Gasteiger partial charge in [0.25, 0.3) is 0 Å². The van der Waals surface area contributed by atoms with Crippen molar-refractivity contribution < 1.29 is 15.6 Å². The Morgan fingerprint density at radius 1 is 0.633 bits per heavy atom. The number of halogens is 2. The van der Waals surface area contributed by atoms with Crippen LogP contribution in [-0.4, -0.2) is 22.1 Å². The summed E-state index contributed by atoms with van der Waals surface area (Å²) in [6.07, 6.45) is 5.95. The first-order valence-electron chi connectivity index (χ1n) is 18.3. The summed E-state index contributed by atoms with van der Waals surface area (Å²) in [7, 11) is 14.6. The van der Waals surface area contributed by atoms with E-state index in [0.717, 1.165) is 6.42 Å². The van der Waals surface area contributed by atoms with Crippen LogP contribution in [0.1, 0.15) is 56.7 Å². The van der Waals surface area contributed by atoms with Crippen LogP contribution < -0.4 is 10.4 Å². The van der Waals surface area contributed by atoms with Crippen LogP contribution in [0.3, 0.4) is 0 Å². The molecule has 0 fully saturated rings. The molecule has 49 heavy (non-hydrogen) atoms. The maximum absolute atomic E-state index is 8.71. The third-order valence-electron chi connectivity index (χ3n) is 11.7. The summed E-state index contributed by atoms with van der Waals surface area (Å²) < 4.78 is 0.202. The quantitative estimate of drug-likeness (QED) is 0.148. The summed E-state index contributed by atoms with van der Waals surface area (Å²) in [5.41, 5.74) is 13.5. The van der Waals surface area contributed by atoms with Gasteiger partial charge in [-0.25, -0.2) is 0 Å². The zero-order chi connectivity index (χ0) is 35.7. The van der Waals surface area contributed by atoms with Crippen molar-refractivity contribution in [1.82, 2.24) is 0 Å². The molecule has 0 spiro atoms. The van der Waals surface area contributed by atoms with Crippen molar-refractivity contribution in [1.29, 1.82) is 0 Å². The Morgan fingerprint density at radius 3 is 1.45 bits per heavy atom. The molecule has 0 heterocycles. The van der Waals surface area contributed by atoms with Gasteiger partial charge in [-0.15, -0.1) is 0 Å². The summed E-state index contributed by atoms with van der Waals surface area (Å²) in [4.78, 5) is 0. The number of hydrogen-bond donors (Lipinski definition) is 0. The minimum atomic E-state index is -4.84. The number of benzene rings is 4. The summed E-state index contributed by atoms with van der Waals surface area (Å²) in [5, 5.41) is 2.99. The molecule has 4 aromatic carbocycles. The molecule has 2 aliphatic rings. The third kappa shape index (κ3) is 6.33. The Morgan fingerprint density at radius 2 is 1.06 bits per heavy atom. The molecule has 6 heteroatoms. The van der Waals surface area contributed by atoms with Crippen LogP contribution in [0.5, 0.6) is 0 Å². The summed E-state index contributed by atoms with van der Waals surface area (Å²) in [5.74, 6) is -1.28. The molecule has 0 saturated heterocycles. The molecule has 0 N–H and O–H groups in total. The fourth-order valence-electron chi connectivity index (χ4n) is 8.60. The molecule has 257 valence electrons. The van der Waals surface area contributed by atoms with Gasteiger partial charge in [0.1, 0.15) is 0 Å². The Balaban J connectivity index is 1.53. The van der Waals surface area contributed by atoms with Gasteiger partial charge < -0.3 is 0 Å². The number of hydrogen-bond acceptors (Lipinski definition) is 0. The molecule has 0 nitrogen and oxygen atoms in total. The minimum absolute atomic E-state index is 0.0956. The summed E-state index contributed by atoms with van der Waals surface area (Å²) in [6, 6.07) is 32.7. The molecule has 0 bridgehead atoms. The van der Waals surface area contributed by atoms with Gasteiger partial charge in [0.05, 0.1) is 0 Å². The van der Waals surface area contributed by atoms with E-state index in [4.69, 9.17) is 17.0 Å². The standard InChI is InChI=1S/C21H25Si.C20H23Si.C2H7Si.2ClH.Zr/c1-15(2)18-13-17-7-6-8-20(21(17)14-18)16-9-11-19(12-10-16)22(3,4)5;1-5-15-13-17-7-6-8-19(20(17)14-15)16-9-11-18(12-10-16)21(2,3)4;1-3-2;;;/h6-15H,1-5H3;6-14H,5H2,1-4H3;3H,1-2H3;2*1H;/q;;;;;+2/p-2. The second kappa shape index (κ2) is 13.2. The molecule has 2 aliphatic carbocycles. The Hall–Kier alpha value is -1.53. The van der Waals surface area contributed by atoms with Crippen LogP contribution in [0.15, 0.2) is 96.1 Å². The zero-order valence-electron chi connectivity index (χ0n) is 31.5. The molecule has 0 saturated carbocycles. The zero-order valence-corrected chi connectivity index (χ0v) is 38.6. The van der Waals surface area contributed by atoms with Gasteiger partial charge >= 0.3 is 310 Å². The number of allylic oxidation sites excluding steroid dienone is 2. The van der Waals surface area contributed by atoms with E-state index in [0.29, 0.717) is 5.92 Å². The van der Waals surface area contributed by atoms with Crippen molar-refractivity contribution in [2.75, 3.05) is 0 Å². The number of rotatable bonds is 9. The van der Waals surface area contributed by atoms with Gasteiger partial charge in [0.2, 0.25) is 0 Å². The van der Waals surface area contributed by atoms with Gasteiger partial charge in [-0.3, -0.25) is 0 Å². The monoisotopic (exact) mass is 815 g/mol. The van der Waals surface area contributed by atoms with Crippen molar-refractivity contribution >= 4 is 61.6 Å². The normalized spacial score (nSPS) is 18.6. The maximum atomic E-state index is 8.71. The molecule has 4 aromatic rings. The molecule has 0 amide bonds. The molecule has 0 aromatic heterocycles. The van der Waals surface area contributed by atoms with Crippen molar-refractivity contribution in [2.24, 2.45) is 5.92 Å². The molecule has 0 radical (unpaired) electrons. The second-order valence-electron chi connectivity index (χ2n) is 17.4. The predicted octanol–water partition coefficient (Wildman–Crippen LogP) is 12.7. The SMILES string of the molecule is CCC1=Cc2c(-c3ccc([Si](C)(C)C)cc3)cccc2[CH]1[Zr]([Cl])([Cl])([CH]1C(C(C)C)=Cc2c(-c3ccc([Si](C)(C)C)cc3)cccc21)[SiH](C)C. The van der Waals surface area contributed by atoms with Crippen molar-refractivity contribution in [2.45, 2.75) is 86.8 Å². The van der Waals surface area contributed by atoms with E-state index in [1.165, 1.54) is 66.0 Å². The average Bonchev–Trinajstić information content (AvgIpc) is 3.65. The van der Waals surface area contributed by atoms with Crippen LogP contribution in [0.25, 0.3) is 34.4 Å². The van der Waals surface area contributed by atoms with Crippen molar-refractivity contribution in [3.05, 3.63) is 118 Å². The predicted molar refractivity (Wildman–Crippen MR) is 227 cm³/mol. The van der Waals surface area contributed by atoms with Crippen LogP contribution in [0.4, 0.5) is 0 Å². The van der Waals surface area contributed by atoms with Gasteiger partial charge in [0, 0.05) is 0 Å². The van der Waals surface area contributed by atoms with Gasteiger partial charge in [-0.05, 0) is 0 Å². The van der Waals surface area contributed by atoms with E-state index in [1.54, 1.807) is 0 Å². The van der Waals surface area contributed by atoms with Crippen LogP contribution in [0.2, 0.25) is 52.4 Å². The molecular weight excluding hydrogens is 763 g/mol. The van der Waals surface area contributed by atoms with Gasteiger partial charge in [-0.2, -0.15) is 0 Å². The van der Waals surface area contributed by atoms with Gasteiger partial charge in [-0.1, -0.05) is 0 Å².